The number of rotatable bonds is 7. The maximum absolute atomic E-state index is 15.0. The Balaban J connectivity index is 3.86. The number of allylic oxidation sites excluding steroid dienone is 1. The Morgan fingerprint density at radius 2 is 0.953 bits per heavy atom. The minimum Gasteiger partial charge on any atom is -0.444 e. The van der Waals surface area contributed by atoms with Crippen molar-refractivity contribution in [2.24, 2.45) is 0 Å². The highest BCUT2D eigenvalue weighted by atomic mass is 19.4. The van der Waals surface area contributed by atoms with Crippen LogP contribution < -0.4 is 15.4 Å². The van der Waals surface area contributed by atoms with E-state index in [1.807, 2.05) is 0 Å². The molecule has 0 spiro atoms. The fourth-order valence-electron chi connectivity index (χ4n) is 2.53. The Kier molecular flexibility index (Phi) is 10.2. The van der Waals surface area contributed by atoms with Crippen LogP contribution in [0.2, 0.25) is 0 Å². The van der Waals surface area contributed by atoms with E-state index in [1.165, 1.54) is 52.2 Å². The SMILES string of the molecule is CC(C)(C)OC(=O)Nc1c(F)c(NC(=O)OC(C)(C)C)c(F)c(OC(F)=C(F)C(F)(F)C(F)(F)C(F)(F)C(F)(F)F)c1F. The zero-order valence-corrected chi connectivity index (χ0v) is 22.3. The topological polar surface area (TPSA) is 85.9 Å². The number of anilines is 2. The predicted molar refractivity (Wildman–Crippen MR) is 117 cm³/mol. The van der Waals surface area contributed by atoms with Gasteiger partial charge in [0, 0.05) is 0 Å². The fraction of sp³-hybridized carbons (Fsp3) is 0.545. The summed E-state index contributed by atoms with van der Waals surface area (Å²) in [5.41, 5.74) is -6.71. The number of nitrogens with one attached hydrogen (secondary N) is 2. The third-order valence-corrected chi connectivity index (χ3v) is 4.31. The summed E-state index contributed by atoms with van der Waals surface area (Å²) in [6.45, 7) is 7.30. The van der Waals surface area contributed by atoms with Gasteiger partial charge in [-0.3, -0.25) is 10.6 Å². The van der Waals surface area contributed by atoms with E-state index in [4.69, 9.17) is 0 Å². The van der Waals surface area contributed by atoms with Crippen molar-refractivity contribution in [1.82, 2.24) is 0 Å². The van der Waals surface area contributed by atoms with Gasteiger partial charge in [0.2, 0.25) is 11.6 Å². The van der Waals surface area contributed by atoms with Gasteiger partial charge in [0.15, 0.2) is 17.5 Å². The molecule has 43 heavy (non-hydrogen) atoms. The highest BCUT2D eigenvalue weighted by Crippen LogP contribution is 2.56. The van der Waals surface area contributed by atoms with E-state index in [-0.39, 0.29) is 0 Å². The number of halogens is 14. The smallest absolute Gasteiger partial charge is 0.444 e. The zero-order chi connectivity index (χ0) is 34.3. The maximum atomic E-state index is 15.0. The first-order chi connectivity index (χ1) is 18.9. The molecule has 1 aromatic carbocycles. The second-order valence-corrected chi connectivity index (χ2v) is 10.2. The van der Waals surface area contributed by atoms with E-state index in [1.54, 1.807) is 0 Å². The molecular formula is C22H20F14N2O5. The van der Waals surface area contributed by atoms with Crippen LogP contribution in [0, 0.1) is 17.5 Å². The zero-order valence-electron chi connectivity index (χ0n) is 22.3. The van der Waals surface area contributed by atoms with E-state index in [0.29, 0.717) is 0 Å². The van der Waals surface area contributed by atoms with Gasteiger partial charge in [-0.25, -0.2) is 22.8 Å². The number of hydrogen-bond acceptors (Lipinski definition) is 5. The van der Waals surface area contributed by atoms with Gasteiger partial charge < -0.3 is 14.2 Å². The second-order valence-electron chi connectivity index (χ2n) is 10.2. The summed E-state index contributed by atoms with van der Waals surface area (Å²) in [4.78, 5) is 24.0. The summed E-state index contributed by atoms with van der Waals surface area (Å²) in [5.74, 6) is -37.7. The molecule has 0 atom stereocenters. The number of benzene rings is 1. The molecule has 246 valence electrons. The molecular weight excluding hydrogens is 638 g/mol. The van der Waals surface area contributed by atoms with Crippen molar-refractivity contribution in [2.45, 2.75) is 76.7 Å². The summed E-state index contributed by atoms with van der Waals surface area (Å²) in [6.07, 6.45) is -11.0. The molecule has 0 aromatic heterocycles. The Bertz CT molecular complexity index is 1220. The highest BCUT2D eigenvalue weighted by Gasteiger charge is 2.83. The number of amides is 2. The lowest BCUT2D eigenvalue weighted by molar-refractivity contribution is -0.392. The first-order valence-electron chi connectivity index (χ1n) is 11.0. The average Bonchev–Trinajstić information content (AvgIpc) is 2.78. The van der Waals surface area contributed by atoms with Crippen LogP contribution in [0.3, 0.4) is 0 Å². The number of carbonyl (C=O) groups is 2. The van der Waals surface area contributed by atoms with Crippen molar-refractivity contribution in [2.75, 3.05) is 10.6 Å². The van der Waals surface area contributed by atoms with Gasteiger partial charge in [0.05, 0.1) is 0 Å². The molecule has 0 bridgehead atoms. The second kappa shape index (κ2) is 11.8. The Morgan fingerprint density at radius 1 is 0.605 bits per heavy atom. The maximum Gasteiger partial charge on any atom is 0.460 e. The average molecular weight is 658 g/mol. The minimum absolute atomic E-state index is 1.22. The molecule has 21 heteroatoms. The molecule has 0 unspecified atom stereocenters. The molecule has 1 rings (SSSR count). The lowest BCUT2D eigenvalue weighted by Gasteiger charge is -2.32. The molecule has 0 aliphatic heterocycles. The number of hydrogen-bond donors (Lipinski definition) is 2. The predicted octanol–water partition coefficient (Wildman–Crippen LogP) is 8.75. The van der Waals surface area contributed by atoms with Crippen LogP contribution in [-0.4, -0.2) is 47.3 Å². The number of ether oxygens (including phenoxy) is 3. The molecule has 0 fully saturated rings. The molecule has 0 aliphatic rings. The van der Waals surface area contributed by atoms with Gasteiger partial charge in [0.25, 0.3) is 0 Å². The molecule has 0 radical (unpaired) electrons. The van der Waals surface area contributed by atoms with Crippen LogP contribution in [0.4, 0.5) is 82.4 Å². The lowest BCUT2D eigenvalue weighted by atomic mass is 10.0. The van der Waals surface area contributed by atoms with E-state index >= 15 is 0 Å². The van der Waals surface area contributed by atoms with Crippen molar-refractivity contribution in [3.63, 3.8) is 0 Å². The molecule has 2 N–H and O–H groups in total. The summed E-state index contributed by atoms with van der Waals surface area (Å²) in [5, 5.41) is 2.57. The largest absolute Gasteiger partial charge is 0.460 e. The van der Waals surface area contributed by atoms with Gasteiger partial charge in [-0.05, 0) is 41.5 Å². The number of alkyl halides is 9. The van der Waals surface area contributed by atoms with Crippen molar-refractivity contribution in [3.8, 4) is 5.75 Å². The molecule has 7 nitrogen and oxygen atoms in total. The molecule has 0 heterocycles. The van der Waals surface area contributed by atoms with E-state index in [2.05, 4.69) is 14.2 Å². The minimum atomic E-state index is -7.77. The highest BCUT2D eigenvalue weighted by molar-refractivity contribution is 5.90. The van der Waals surface area contributed by atoms with E-state index in [0.717, 1.165) is 0 Å². The molecule has 0 saturated carbocycles. The Hall–Kier alpha value is -3.68. The summed E-state index contributed by atoms with van der Waals surface area (Å²) < 4.78 is 203. The van der Waals surface area contributed by atoms with Crippen molar-refractivity contribution in [3.05, 3.63) is 29.3 Å². The van der Waals surface area contributed by atoms with Crippen molar-refractivity contribution in [1.29, 1.82) is 0 Å². The Labute approximate surface area is 232 Å². The van der Waals surface area contributed by atoms with Crippen molar-refractivity contribution < 1.29 is 85.3 Å². The van der Waals surface area contributed by atoms with Gasteiger partial charge in [-0.1, -0.05) is 0 Å². The van der Waals surface area contributed by atoms with Crippen molar-refractivity contribution >= 4 is 23.6 Å². The lowest BCUT2D eigenvalue weighted by Crippen LogP contribution is -2.61. The monoisotopic (exact) mass is 658 g/mol. The quantitative estimate of drug-likeness (QED) is 0.226. The first-order valence-corrected chi connectivity index (χ1v) is 11.0. The van der Waals surface area contributed by atoms with Gasteiger partial charge in [-0.2, -0.15) is 48.3 Å². The van der Waals surface area contributed by atoms with Crippen LogP contribution >= 0.6 is 0 Å². The third kappa shape index (κ3) is 8.03. The van der Waals surface area contributed by atoms with Gasteiger partial charge in [-0.15, -0.1) is 0 Å². The van der Waals surface area contributed by atoms with Crippen LogP contribution in [0.15, 0.2) is 11.8 Å². The molecule has 0 aliphatic carbocycles. The van der Waals surface area contributed by atoms with Crippen LogP contribution in [0.25, 0.3) is 0 Å². The molecule has 2 amide bonds. The first kappa shape index (κ1) is 37.3. The van der Waals surface area contributed by atoms with E-state index in [9.17, 15) is 71.1 Å². The van der Waals surface area contributed by atoms with Crippen LogP contribution in [0.1, 0.15) is 41.5 Å². The Morgan fingerprint density at radius 3 is 1.26 bits per heavy atom. The molecule has 1 aromatic rings. The number of carbonyl (C=O) groups excluding carboxylic acids is 2. The van der Waals surface area contributed by atoms with Gasteiger partial charge >= 0.3 is 42.1 Å². The summed E-state index contributed by atoms with van der Waals surface area (Å²) >= 11 is 0. The standard InChI is InChI=1S/C22H20F14N2O5/c1-17(2,3)42-15(39)37-10-7(23)11(38-16(40)43-18(4,5)6)9(25)12(8(10)24)41-14(27)13(26)19(28,29)20(30,31)21(32,33)22(34,35)36/h1-6H3,(H,37,39)(H,38,40). The molecule has 0 saturated heterocycles. The summed E-state index contributed by atoms with van der Waals surface area (Å²) in [7, 11) is 0. The summed E-state index contributed by atoms with van der Waals surface area (Å²) in [6, 6.07) is -3.93. The van der Waals surface area contributed by atoms with Gasteiger partial charge in [0.1, 0.15) is 22.6 Å². The van der Waals surface area contributed by atoms with Crippen LogP contribution in [0.5, 0.6) is 5.75 Å². The third-order valence-electron chi connectivity index (χ3n) is 4.31. The van der Waals surface area contributed by atoms with Crippen LogP contribution in [-0.2, 0) is 9.47 Å². The fourth-order valence-corrected chi connectivity index (χ4v) is 2.53. The van der Waals surface area contributed by atoms with E-state index < -0.39 is 93.7 Å². The normalized spacial score (nSPS) is 14.1.